The fourth-order valence-corrected chi connectivity index (χ4v) is 3.46. The molecule has 1 saturated carbocycles. The molecule has 2 heterocycles. The second-order valence-corrected chi connectivity index (χ2v) is 7.13. The second-order valence-electron chi connectivity index (χ2n) is 7.13. The Balaban J connectivity index is 1.31. The number of methoxy groups -OCH3 is 1. The SMILES string of the molecule is COc1cccc(NC2CCN([C@@H](C)c3nc(C4CC4)no3)CC2)c1. The van der Waals surface area contributed by atoms with E-state index in [0.29, 0.717) is 12.0 Å². The summed E-state index contributed by atoms with van der Waals surface area (Å²) < 4.78 is 10.8. The highest BCUT2D eigenvalue weighted by atomic mass is 16.5. The Bertz CT molecular complexity index is 705. The molecule has 25 heavy (non-hydrogen) atoms. The van der Waals surface area contributed by atoms with Gasteiger partial charge < -0.3 is 14.6 Å². The largest absolute Gasteiger partial charge is 0.497 e. The number of hydrogen-bond acceptors (Lipinski definition) is 6. The van der Waals surface area contributed by atoms with Crippen LogP contribution in [0.2, 0.25) is 0 Å². The summed E-state index contributed by atoms with van der Waals surface area (Å²) in [6.45, 7) is 4.23. The van der Waals surface area contributed by atoms with Crippen LogP contribution in [0, 0.1) is 0 Å². The first-order chi connectivity index (χ1) is 12.2. The highest BCUT2D eigenvalue weighted by molar-refractivity contribution is 5.48. The van der Waals surface area contributed by atoms with E-state index >= 15 is 0 Å². The molecule has 1 saturated heterocycles. The van der Waals surface area contributed by atoms with E-state index in [1.807, 2.05) is 18.2 Å². The monoisotopic (exact) mass is 342 g/mol. The van der Waals surface area contributed by atoms with Crippen molar-refractivity contribution in [3.05, 3.63) is 36.0 Å². The normalized spacial score (nSPS) is 20.4. The summed E-state index contributed by atoms with van der Waals surface area (Å²) in [5, 5.41) is 7.77. The van der Waals surface area contributed by atoms with Gasteiger partial charge >= 0.3 is 0 Å². The lowest BCUT2D eigenvalue weighted by Crippen LogP contribution is -2.40. The van der Waals surface area contributed by atoms with Gasteiger partial charge in [0, 0.05) is 36.8 Å². The number of piperidine rings is 1. The fourth-order valence-electron chi connectivity index (χ4n) is 3.46. The molecule has 0 amide bonds. The van der Waals surface area contributed by atoms with Crippen LogP contribution in [0.1, 0.15) is 56.3 Å². The maximum absolute atomic E-state index is 5.50. The van der Waals surface area contributed by atoms with Gasteiger partial charge in [-0.25, -0.2) is 0 Å². The molecule has 0 bridgehead atoms. The highest BCUT2D eigenvalue weighted by Crippen LogP contribution is 2.38. The summed E-state index contributed by atoms with van der Waals surface area (Å²) in [5.74, 6) is 3.10. The minimum absolute atomic E-state index is 0.192. The minimum Gasteiger partial charge on any atom is -0.497 e. The van der Waals surface area contributed by atoms with Crippen molar-refractivity contribution in [2.75, 3.05) is 25.5 Å². The number of ether oxygens (including phenoxy) is 1. The molecule has 1 aliphatic carbocycles. The van der Waals surface area contributed by atoms with Gasteiger partial charge in [0.05, 0.1) is 13.2 Å². The summed E-state index contributed by atoms with van der Waals surface area (Å²) in [4.78, 5) is 7.04. The van der Waals surface area contributed by atoms with Crippen molar-refractivity contribution in [3.8, 4) is 5.75 Å². The van der Waals surface area contributed by atoms with Crippen LogP contribution in [0.5, 0.6) is 5.75 Å². The van der Waals surface area contributed by atoms with Gasteiger partial charge in [-0.05, 0) is 44.7 Å². The molecule has 1 atom stereocenters. The van der Waals surface area contributed by atoms with Crippen LogP contribution in [0.25, 0.3) is 0 Å². The van der Waals surface area contributed by atoms with Crippen LogP contribution in [0.3, 0.4) is 0 Å². The Hall–Kier alpha value is -2.08. The Kier molecular flexibility index (Phi) is 4.61. The standard InChI is InChI=1S/C19H26N4O2/c1-13(19-21-18(22-25-19)14-6-7-14)23-10-8-15(9-11-23)20-16-4-3-5-17(12-16)24-2/h3-5,12-15,20H,6-11H2,1-2H3/t13-/m0/s1. The summed E-state index contributed by atoms with van der Waals surface area (Å²) in [6, 6.07) is 8.81. The summed E-state index contributed by atoms with van der Waals surface area (Å²) >= 11 is 0. The molecule has 1 aromatic heterocycles. The molecule has 2 aromatic rings. The van der Waals surface area contributed by atoms with E-state index < -0.39 is 0 Å². The van der Waals surface area contributed by atoms with E-state index in [0.717, 1.165) is 49.1 Å². The first-order valence-corrected chi connectivity index (χ1v) is 9.21. The molecule has 134 valence electrons. The van der Waals surface area contributed by atoms with Crippen LogP contribution < -0.4 is 10.1 Å². The fraction of sp³-hybridized carbons (Fsp3) is 0.579. The van der Waals surface area contributed by atoms with Crippen molar-refractivity contribution in [3.63, 3.8) is 0 Å². The Labute approximate surface area is 148 Å². The first kappa shape index (κ1) is 16.4. The van der Waals surface area contributed by atoms with Crippen molar-refractivity contribution in [2.24, 2.45) is 0 Å². The van der Waals surface area contributed by atoms with Gasteiger partial charge in [0.1, 0.15) is 5.75 Å². The lowest BCUT2D eigenvalue weighted by Gasteiger charge is -2.35. The van der Waals surface area contributed by atoms with Gasteiger partial charge in [-0.3, -0.25) is 4.90 Å². The molecule has 0 radical (unpaired) electrons. The zero-order valence-corrected chi connectivity index (χ0v) is 14.9. The van der Waals surface area contributed by atoms with E-state index in [9.17, 15) is 0 Å². The molecule has 6 heteroatoms. The molecule has 6 nitrogen and oxygen atoms in total. The van der Waals surface area contributed by atoms with E-state index in [1.54, 1.807) is 7.11 Å². The Morgan fingerprint density at radius 2 is 2.04 bits per heavy atom. The average molecular weight is 342 g/mol. The maximum atomic E-state index is 5.50. The molecule has 1 N–H and O–H groups in total. The third-order valence-electron chi connectivity index (χ3n) is 5.28. The third-order valence-corrected chi connectivity index (χ3v) is 5.28. The van der Waals surface area contributed by atoms with E-state index in [1.165, 1.54) is 12.8 Å². The predicted molar refractivity (Wildman–Crippen MR) is 95.9 cm³/mol. The van der Waals surface area contributed by atoms with Crippen LogP contribution in [0.4, 0.5) is 5.69 Å². The van der Waals surface area contributed by atoms with Crippen molar-refractivity contribution < 1.29 is 9.26 Å². The Morgan fingerprint density at radius 3 is 2.76 bits per heavy atom. The third kappa shape index (κ3) is 3.79. The summed E-state index contributed by atoms with van der Waals surface area (Å²) in [6.07, 6.45) is 4.61. The van der Waals surface area contributed by atoms with Gasteiger partial charge in [-0.1, -0.05) is 11.2 Å². The molecule has 2 aliphatic rings. The number of anilines is 1. The van der Waals surface area contributed by atoms with Crippen LogP contribution in [0.15, 0.2) is 28.8 Å². The van der Waals surface area contributed by atoms with E-state index in [-0.39, 0.29) is 6.04 Å². The molecule has 1 aromatic carbocycles. The van der Waals surface area contributed by atoms with Crippen molar-refractivity contribution in [1.82, 2.24) is 15.0 Å². The molecular weight excluding hydrogens is 316 g/mol. The van der Waals surface area contributed by atoms with Crippen molar-refractivity contribution in [2.45, 2.75) is 50.6 Å². The van der Waals surface area contributed by atoms with Crippen LogP contribution in [-0.2, 0) is 0 Å². The molecule has 0 spiro atoms. The first-order valence-electron chi connectivity index (χ1n) is 9.21. The lowest BCUT2D eigenvalue weighted by atomic mass is 10.0. The second kappa shape index (κ2) is 7.04. The molecule has 4 rings (SSSR count). The number of nitrogens with zero attached hydrogens (tertiary/aromatic N) is 3. The summed E-state index contributed by atoms with van der Waals surface area (Å²) in [5.41, 5.74) is 1.12. The topological polar surface area (TPSA) is 63.4 Å². The predicted octanol–water partition coefficient (Wildman–Crippen LogP) is 3.59. The number of aromatic nitrogens is 2. The average Bonchev–Trinajstić information content (AvgIpc) is 3.39. The quantitative estimate of drug-likeness (QED) is 0.865. The highest BCUT2D eigenvalue weighted by Gasteiger charge is 2.31. The Morgan fingerprint density at radius 1 is 1.24 bits per heavy atom. The molecular formula is C19H26N4O2. The van der Waals surface area contributed by atoms with Crippen molar-refractivity contribution >= 4 is 5.69 Å². The number of benzene rings is 1. The number of hydrogen-bond donors (Lipinski definition) is 1. The maximum Gasteiger partial charge on any atom is 0.243 e. The minimum atomic E-state index is 0.192. The number of nitrogens with one attached hydrogen (secondary N) is 1. The van der Waals surface area contributed by atoms with Gasteiger partial charge in [0.15, 0.2) is 5.82 Å². The van der Waals surface area contributed by atoms with E-state index in [2.05, 4.69) is 33.3 Å². The summed E-state index contributed by atoms with van der Waals surface area (Å²) in [7, 11) is 1.70. The zero-order valence-electron chi connectivity index (χ0n) is 14.9. The zero-order chi connectivity index (χ0) is 17.2. The smallest absolute Gasteiger partial charge is 0.243 e. The van der Waals surface area contributed by atoms with Crippen LogP contribution in [-0.4, -0.2) is 41.3 Å². The van der Waals surface area contributed by atoms with Gasteiger partial charge in [-0.15, -0.1) is 0 Å². The van der Waals surface area contributed by atoms with Gasteiger partial charge in [0.25, 0.3) is 0 Å². The van der Waals surface area contributed by atoms with Crippen molar-refractivity contribution in [1.29, 1.82) is 0 Å². The van der Waals surface area contributed by atoms with E-state index in [4.69, 9.17) is 9.26 Å². The molecule has 1 aliphatic heterocycles. The van der Waals surface area contributed by atoms with Gasteiger partial charge in [-0.2, -0.15) is 4.98 Å². The number of likely N-dealkylation sites (tertiary alicyclic amines) is 1. The van der Waals surface area contributed by atoms with Gasteiger partial charge in [0.2, 0.25) is 5.89 Å². The molecule has 0 unspecified atom stereocenters. The lowest BCUT2D eigenvalue weighted by molar-refractivity contribution is 0.140. The van der Waals surface area contributed by atoms with Crippen LogP contribution >= 0.6 is 0 Å². The molecule has 2 fully saturated rings. The number of rotatable bonds is 6.